The van der Waals surface area contributed by atoms with Crippen molar-refractivity contribution < 1.29 is 82.8 Å². The first-order valence-corrected chi connectivity index (χ1v) is 36.5. The van der Waals surface area contributed by atoms with Crippen LogP contribution < -0.4 is 65.1 Å². The van der Waals surface area contributed by atoms with E-state index >= 15 is 0 Å². The zero-order chi connectivity index (χ0) is 76.5. The Morgan fingerprint density at radius 3 is 1.25 bits per heavy atom. The van der Waals surface area contributed by atoms with E-state index in [2.05, 4.69) is 52.6 Å². The van der Waals surface area contributed by atoms with Gasteiger partial charge in [-0.05, 0) is 132 Å². The Hall–Kier alpha value is -8.36. The van der Waals surface area contributed by atoms with Gasteiger partial charge in [0.2, 0.25) is 59.1 Å². The average molecular weight is 1450 g/mol. The Kier molecular flexibility index (Phi) is 43.2. The summed E-state index contributed by atoms with van der Waals surface area (Å²) in [5.74, 6) is -3.46. The number of rotatable bonds is 44. The van der Waals surface area contributed by atoms with Gasteiger partial charge in [-0.3, -0.25) is 72.1 Å². The number of carbonyl (C=O) groups excluding carboxylic acids is 16. The van der Waals surface area contributed by atoms with Gasteiger partial charge in [-0.2, -0.15) is 23.5 Å². The lowest BCUT2D eigenvalue weighted by atomic mass is 9.92. The molecule has 0 bridgehead atoms. The Labute approximate surface area is 597 Å². The van der Waals surface area contributed by atoms with Gasteiger partial charge >= 0.3 is 18.1 Å². The second-order valence-electron chi connectivity index (χ2n) is 25.3. The summed E-state index contributed by atoms with van der Waals surface area (Å²) < 4.78 is 11.5. The predicted molar refractivity (Wildman–Crippen MR) is 380 cm³/mol. The summed E-state index contributed by atoms with van der Waals surface area (Å²) in [4.78, 5) is 194. The molecule has 15 N–H and O–H groups in total. The molecule has 16 amide bonds. The normalized spacial score (nSPS) is 16.0. The molecule has 2 unspecified atom stereocenters. The molecular formula is C67H110N14O17S2. The van der Waals surface area contributed by atoms with Crippen molar-refractivity contribution in [1.29, 1.82) is 0 Å². The molecule has 2 aliphatic heterocycles. The van der Waals surface area contributed by atoms with Crippen LogP contribution in [-0.4, -0.2) is 191 Å². The number of primary amides is 3. The van der Waals surface area contributed by atoms with E-state index in [0.29, 0.717) is 102 Å². The molecule has 31 nitrogen and oxygen atoms in total. The highest BCUT2D eigenvalue weighted by atomic mass is 32.2. The summed E-state index contributed by atoms with van der Waals surface area (Å²) in [7, 11) is 0. The molecule has 0 aromatic heterocycles. The molecule has 0 saturated carbocycles. The van der Waals surface area contributed by atoms with Crippen molar-refractivity contribution in [2.45, 2.75) is 219 Å². The van der Waals surface area contributed by atoms with E-state index in [1.807, 2.05) is 27.0 Å². The van der Waals surface area contributed by atoms with Crippen molar-refractivity contribution in [3.8, 4) is 0 Å². The van der Waals surface area contributed by atoms with Gasteiger partial charge in [-0.1, -0.05) is 73.4 Å². The van der Waals surface area contributed by atoms with Crippen LogP contribution in [0.4, 0.5) is 20.1 Å². The number of nitrogens with two attached hydrogens (primary N) is 3. The van der Waals surface area contributed by atoms with Crippen LogP contribution in [0.2, 0.25) is 0 Å². The van der Waals surface area contributed by atoms with Gasteiger partial charge in [0.1, 0.15) is 24.7 Å². The lowest BCUT2D eigenvalue weighted by Gasteiger charge is -2.25. The largest absolute Gasteiger partial charge is 0.463 e. The van der Waals surface area contributed by atoms with Crippen molar-refractivity contribution >= 4 is 124 Å². The first-order valence-electron chi connectivity index (χ1n) is 34.5. The average Bonchev–Trinajstić information content (AvgIpc) is 1.74. The van der Waals surface area contributed by atoms with Crippen molar-refractivity contribution in [2.75, 3.05) is 50.6 Å². The Balaban J connectivity index is 0.000000818. The molecule has 2 fully saturated rings. The zero-order valence-electron chi connectivity index (χ0n) is 60.8. The fourth-order valence-electron chi connectivity index (χ4n) is 10.5. The van der Waals surface area contributed by atoms with Crippen LogP contribution in [0.15, 0.2) is 24.3 Å². The molecule has 0 radical (unpaired) electrons. The number of nitrogens with one attached hydrogen (secondary N) is 9. The van der Waals surface area contributed by atoms with Crippen LogP contribution >= 0.6 is 23.5 Å². The first kappa shape index (κ1) is 87.7. The third kappa shape index (κ3) is 35.6. The third-order valence-corrected chi connectivity index (χ3v) is 18.2. The van der Waals surface area contributed by atoms with Crippen LogP contribution in [0, 0.1) is 23.7 Å². The number of carbonyl (C=O) groups is 16. The van der Waals surface area contributed by atoms with Gasteiger partial charge in [0, 0.05) is 70.0 Å². The molecule has 2 aliphatic rings. The van der Waals surface area contributed by atoms with E-state index in [4.69, 9.17) is 18.6 Å². The fourth-order valence-corrected chi connectivity index (χ4v) is 11.8. The maximum atomic E-state index is 13.3. The van der Waals surface area contributed by atoms with Crippen LogP contribution in [0.3, 0.4) is 0 Å². The number of hydrogen-bond acceptors (Lipinski definition) is 19. The zero-order valence-corrected chi connectivity index (χ0v) is 61.4. The lowest BCUT2D eigenvalue weighted by molar-refractivity contribution is -0.139. The molecule has 2 saturated heterocycles. The molecule has 3 rings (SSSR count). The Bertz CT molecular complexity index is 2950. The smallest absolute Gasteiger partial charge is 0.312 e. The van der Waals surface area contributed by atoms with Crippen molar-refractivity contribution in [2.24, 2.45) is 40.9 Å². The molecule has 0 aliphatic carbocycles. The number of Topliss-reactive ketones (excluding diaryl/α,β-unsaturated/α-hetero) is 2. The van der Waals surface area contributed by atoms with Crippen LogP contribution in [0.25, 0.3) is 0 Å². The number of ketones is 2. The SMILES string of the molecule is CC[C@H](C(=O)N[C@@H](CCCNC(N)=O)C(C)=O)C(C)C.CSC1CC(=O)N(CCCCCC(=O)N[C@H](C(=O)N[C@@H](CCCNC(N)=O)C(C)=O)C(C)C)C1=O.[2H]C(=O)OCc1ccc(NC(=O)[C@H](CCCNC(N)=O)NC(=O)[C@@H](NC(=O)CCCCCN2C(=O)CC(SC)C2=O)C(C)C)cc1. The summed E-state index contributed by atoms with van der Waals surface area (Å²) in [6.45, 7) is 17.4. The number of unbranched alkanes of at least 4 members (excludes halogenated alkanes) is 4. The van der Waals surface area contributed by atoms with E-state index in [1.54, 1.807) is 58.2 Å². The number of thioether (sulfide) groups is 2. The number of nitrogens with zero attached hydrogens (tertiary/aromatic N) is 2. The minimum absolute atomic E-state index is 0.0731. The summed E-state index contributed by atoms with van der Waals surface area (Å²) in [6.07, 6.45) is 9.91. The van der Waals surface area contributed by atoms with Crippen molar-refractivity contribution in [1.82, 2.24) is 52.3 Å². The van der Waals surface area contributed by atoms with E-state index in [9.17, 15) is 76.7 Å². The number of benzene rings is 1. The maximum absolute atomic E-state index is 13.3. The maximum Gasteiger partial charge on any atom is 0.312 e. The van der Waals surface area contributed by atoms with E-state index in [0.717, 1.165) is 6.42 Å². The molecule has 8 atom stereocenters. The molecule has 33 heteroatoms. The van der Waals surface area contributed by atoms with Gasteiger partial charge in [0.05, 0.1) is 22.6 Å². The van der Waals surface area contributed by atoms with Crippen LogP contribution in [0.1, 0.15) is 178 Å². The number of hydrogen-bond donors (Lipinski definition) is 12. The number of amides is 16. The second kappa shape index (κ2) is 49.2. The molecular weight excluding hydrogens is 1340 g/mol. The molecule has 100 heavy (non-hydrogen) atoms. The minimum Gasteiger partial charge on any atom is -0.463 e. The van der Waals surface area contributed by atoms with E-state index in [1.165, 1.54) is 47.2 Å². The summed E-state index contributed by atoms with van der Waals surface area (Å²) in [6, 6.07) is 0.482. The Morgan fingerprint density at radius 1 is 0.540 bits per heavy atom. The van der Waals surface area contributed by atoms with Crippen molar-refractivity contribution in [3.63, 3.8) is 0 Å². The minimum atomic E-state index is -1.16. The van der Waals surface area contributed by atoms with Crippen LogP contribution in [-0.2, 0) is 73.7 Å². The fraction of sp³-hybridized carbons (Fsp3) is 0.672. The monoisotopic (exact) mass is 1450 g/mol. The molecule has 1 aromatic carbocycles. The summed E-state index contributed by atoms with van der Waals surface area (Å²) in [5.41, 5.74) is 16.1. The molecule has 1 aromatic rings. The van der Waals surface area contributed by atoms with Gasteiger partial charge in [0.25, 0.3) is 6.45 Å². The first-order chi connectivity index (χ1) is 47.6. The molecule has 562 valence electrons. The van der Waals surface area contributed by atoms with E-state index < -0.39 is 72.5 Å². The van der Waals surface area contributed by atoms with Gasteiger partial charge in [-0.15, -0.1) is 0 Å². The topological polar surface area (TPSA) is 475 Å². The highest BCUT2D eigenvalue weighted by molar-refractivity contribution is 8.00. The standard InChI is InChI=1S/C30H44N6O8S.C23H39N5O6S.C14H27N3O3/c1-19(2)26(35-24(38)9-5-4-6-15-36-25(39)16-23(45-3)29(36)42)28(41)34-22(8-7-14-32-30(31)43)27(40)33-21-12-10-20(11-13-21)17-44-18-37;1-14(2)20(21(32)26-16(15(3)29)9-8-11-25-23(24)34)27-18(30)10-6-5-7-12-28-19(31)13-17(35-4)22(28)33;1-5-11(9(2)3)13(19)17-12(10(4)18)7-6-8-16-14(15)20/h10-13,18-19,22-23,26H,4-9,14-17H2,1-3H3,(H,33,40)(H,34,41)(H,35,38)(H3,31,32,43);14,16-17,20H,5-13H2,1-4H3,(H,26,32)(H,27,30)(H3,24,25,34);9,11-12H,5-8H2,1-4H3,(H,17,19)(H3,15,16,20)/t22-,23?,26-;16-,17?,20-;11-,12-/m000/s1/i18D;;. The number of imide groups is 2. The number of ether oxygens (including phenoxy) is 1. The molecule has 2 heterocycles. The van der Waals surface area contributed by atoms with Crippen LogP contribution in [0.5, 0.6) is 0 Å². The third-order valence-electron chi connectivity index (χ3n) is 16.3. The van der Waals surface area contributed by atoms with Gasteiger partial charge in [0.15, 0.2) is 12.9 Å². The van der Waals surface area contributed by atoms with Gasteiger partial charge < -0.3 is 69.8 Å². The second-order valence-corrected chi connectivity index (χ2v) is 27.4. The number of likely N-dealkylation sites (tertiary alicyclic amines) is 2. The molecule has 0 spiro atoms. The number of urea groups is 3. The highest BCUT2D eigenvalue weighted by Crippen LogP contribution is 2.25. The van der Waals surface area contributed by atoms with Crippen molar-refractivity contribution in [3.05, 3.63) is 29.8 Å². The quantitative estimate of drug-likeness (QED) is 0.0253. The predicted octanol–water partition coefficient (Wildman–Crippen LogP) is 3.31. The Morgan fingerprint density at radius 2 is 0.920 bits per heavy atom. The van der Waals surface area contributed by atoms with Gasteiger partial charge in [-0.25, -0.2) is 14.4 Å². The summed E-state index contributed by atoms with van der Waals surface area (Å²) in [5, 5.41) is 23.2. The summed E-state index contributed by atoms with van der Waals surface area (Å²) >= 11 is 2.74. The number of anilines is 1. The van der Waals surface area contributed by atoms with E-state index in [-0.39, 0.29) is 139 Å². The lowest BCUT2D eigenvalue weighted by Crippen LogP contribution is -2.54. The highest BCUT2D eigenvalue weighted by Gasteiger charge is 2.39.